The third kappa shape index (κ3) is 2.03. The monoisotopic (exact) mass is 295 g/mol. The first-order chi connectivity index (χ1) is 6.06. The number of hydrogen-bond donors (Lipinski definition) is 1. The molecule has 6 heteroatoms. The fraction of sp³-hybridized carbons (Fsp3) is 0.143. The molecule has 0 fully saturated rings. The molecule has 1 rings (SSSR count). The Hall–Kier alpha value is -0.970. The Labute approximate surface area is 86.7 Å². The second kappa shape index (κ2) is 3.83. The number of anilines is 1. The fourth-order valence-electron chi connectivity index (χ4n) is 0.857. The van der Waals surface area contributed by atoms with Crippen LogP contribution in [0, 0.1) is 15.0 Å². The highest BCUT2D eigenvalue weighted by Crippen LogP contribution is 2.28. The van der Waals surface area contributed by atoms with Crippen LogP contribution in [-0.2, 0) is 0 Å². The van der Waals surface area contributed by atoms with Crippen LogP contribution in [0.2, 0.25) is 0 Å². The van der Waals surface area contributed by atoms with Crippen molar-refractivity contribution in [3.05, 3.63) is 21.0 Å². The van der Waals surface area contributed by atoms with Gasteiger partial charge in [0, 0.05) is 5.69 Å². The molecule has 0 aliphatic carbocycles. The van der Waals surface area contributed by atoms with E-state index in [9.17, 15) is 8.78 Å². The van der Waals surface area contributed by atoms with Gasteiger partial charge in [0.25, 0.3) is 6.43 Å². The van der Waals surface area contributed by atoms with E-state index in [1.54, 1.807) is 6.07 Å². The van der Waals surface area contributed by atoms with Crippen molar-refractivity contribution in [1.29, 1.82) is 5.26 Å². The van der Waals surface area contributed by atoms with Crippen LogP contribution in [-0.4, -0.2) is 4.98 Å². The first-order valence-electron chi connectivity index (χ1n) is 3.20. The van der Waals surface area contributed by atoms with Gasteiger partial charge >= 0.3 is 0 Å². The van der Waals surface area contributed by atoms with E-state index in [0.29, 0.717) is 3.70 Å². The van der Waals surface area contributed by atoms with Crippen molar-refractivity contribution in [3.8, 4) is 6.07 Å². The number of nitrogens with zero attached hydrogens (tertiary/aromatic N) is 2. The molecule has 1 aromatic heterocycles. The van der Waals surface area contributed by atoms with Gasteiger partial charge in [0.15, 0.2) is 5.69 Å². The van der Waals surface area contributed by atoms with Gasteiger partial charge in [0.2, 0.25) is 0 Å². The summed E-state index contributed by atoms with van der Waals surface area (Å²) in [6.45, 7) is 0. The molecule has 0 unspecified atom stereocenters. The number of pyridine rings is 1. The molecule has 13 heavy (non-hydrogen) atoms. The van der Waals surface area contributed by atoms with E-state index in [4.69, 9.17) is 11.0 Å². The van der Waals surface area contributed by atoms with Crippen molar-refractivity contribution in [3.63, 3.8) is 0 Å². The van der Waals surface area contributed by atoms with Gasteiger partial charge in [-0.3, -0.25) is 0 Å². The SMILES string of the molecule is N#Cc1nc(I)cc(N)c1C(F)F. The minimum Gasteiger partial charge on any atom is -0.398 e. The van der Waals surface area contributed by atoms with Crippen LogP contribution in [0.4, 0.5) is 14.5 Å². The second-order valence-corrected chi connectivity index (χ2v) is 3.31. The molecule has 0 aliphatic rings. The summed E-state index contributed by atoms with van der Waals surface area (Å²) >= 11 is 1.81. The first kappa shape index (κ1) is 10.1. The smallest absolute Gasteiger partial charge is 0.268 e. The van der Waals surface area contributed by atoms with Crippen molar-refractivity contribution >= 4 is 28.3 Å². The van der Waals surface area contributed by atoms with E-state index < -0.39 is 12.0 Å². The normalized spacial score (nSPS) is 10.1. The highest BCUT2D eigenvalue weighted by Gasteiger charge is 2.18. The molecule has 0 aliphatic heterocycles. The molecule has 2 N–H and O–H groups in total. The lowest BCUT2D eigenvalue weighted by Gasteiger charge is -2.05. The molecule has 0 saturated heterocycles. The third-order valence-electron chi connectivity index (χ3n) is 1.38. The van der Waals surface area contributed by atoms with Crippen molar-refractivity contribution in [2.24, 2.45) is 0 Å². The lowest BCUT2D eigenvalue weighted by atomic mass is 10.2. The Bertz CT molecular complexity index is 373. The minimum atomic E-state index is -2.76. The molecule has 3 nitrogen and oxygen atoms in total. The quantitative estimate of drug-likeness (QED) is 0.637. The summed E-state index contributed by atoms with van der Waals surface area (Å²) in [6.07, 6.45) is -2.76. The lowest BCUT2D eigenvalue weighted by Crippen LogP contribution is -2.02. The highest BCUT2D eigenvalue weighted by molar-refractivity contribution is 14.1. The Morgan fingerprint density at radius 1 is 1.62 bits per heavy atom. The molecule has 0 amide bonds. The Morgan fingerprint density at radius 2 is 2.23 bits per heavy atom. The highest BCUT2D eigenvalue weighted by atomic mass is 127. The molecule has 1 aromatic rings. The summed E-state index contributed by atoms with van der Waals surface area (Å²) in [6, 6.07) is 2.89. The Morgan fingerprint density at radius 3 is 2.69 bits per heavy atom. The standard InChI is InChI=1S/C7H4F2IN3/c8-7(9)6-3(12)1-5(10)13-4(6)2-11/h1,7H,(H2,12,13). The maximum atomic E-state index is 12.3. The summed E-state index contributed by atoms with van der Waals surface area (Å²) in [7, 11) is 0. The predicted molar refractivity (Wildman–Crippen MR) is 51.0 cm³/mol. The van der Waals surface area contributed by atoms with Gasteiger partial charge in [-0.25, -0.2) is 13.8 Å². The summed E-state index contributed by atoms with van der Waals surface area (Å²) in [5.41, 5.74) is 4.44. The van der Waals surface area contributed by atoms with Gasteiger partial charge in [-0.15, -0.1) is 0 Å². The average Bonchev–Trinajstić information content (AvgIpc) is 2.01. The average molecular weight is 295 g/mol. The number of halogens is 3. The zero-order valence-electron chi connectivity index (χ0n) is 6.26. The maximum absolute atomic E-state index is 12.3. The number of hydrogen-bond acceptors (Lipinski definition) is 3. The van der Waals surface area contributed by atoms with Crippen LogP contribution in [0.5, 0.6) is 0 Å². The summed E-state index contributed by atoms with van der Waals surface area (Å²) < 4.78 is 25.1. The maximum Gasteiger partial charge on any atom is 0.268 e. The van der Waals surface area contributed by atoms with Gasteiger partial charge in [-0.2, -0.15) is 5.26 Å². The molecule has 0 aromatic carbocycles. The van der Waals surface area contributed by atoms with Crippen LogP contribution in [0.3, 0.4) is 0 Å². The van der Waals surface area contributed by atoms with Crippen LogP contribution < -0.4 is 5.73 Å². The number of aromatic nitrogens is 1. The summed E-state index contributed by atoms with van der Waals surface area (Å²) in [4.78, 5) is 3.64. The van der Waals surface area contributed by atoms with E-state index in [1.165, 1.54) is 6.07 Å². The Kier molecular flexibility index (Phi) is 2.98. The van der Waals surface area contributed by atoms with E-state index in [1.807, 2.05) is 22.6 Å². The van der Waals surface area contributed by atoms with Gasteiger partial charge in [-0.05, 0) is 28.7 Å². The number of rotatable bonds is 1. The number of nitrogens with two attached hydrogens (primary N) is 1. The zero-order valence-corrected chi connectivity index (χ0v) is 8.42. The fourth-order valence-corrected chi connectivity index (χ4v) is 1.43. The van der Waals surface area contributed by atoms with Crippen molar-refractivity contribution in [1.82, 2.24) is 4.98 Å². The lowest BCUT2D eigenvalue weighted by molar-refractivity contribution is 0.151. The zero-order chi connectivity index (χ0) is 10.0. The van der Waals surface area contributed by atoms with E-state index >= 15 is 0 Å². The molecule has 0 atom stereocenters. The molecule has 0 saturated carbocycles. The van der Waals surface area contributed by atoms with E-state index in [2.05, 4.69) is 4.98 Å². The number of nitriles is 1. The largest absolute Gasteiger partial charge is 0.398 e. The van der Waals surface area contributed by atoms with Gasteiger partial charge in [-0.1, -0.05) is 0 Å². The van der Waals surface area contributed by atoms with Crippen LogP contribution >= 0.6 is 22.6 Å². The number of alkyl halides is 2. The second-order valence-electron chi connectivity index (χ2n) is 2.21. The molecule has 68 valence electrons. The van der Waals surface area contributed by atoms with Gasteiger partial charge in [0.05, 0.1) is 5.56 Å². The Balaban J connectivity index is 3.41. The van der Waals surface area contributed by atoms with E-state index in [-0.39, 0.29) is 11.4 Å². The molecule has 0 radical (unpaired) electrons. The summed E-state index contributed by atoms with van der Waals surface area (Å²) in [5, 5.41) is 8.51. The van der Waals surface area contributed by atoms with Crippen LogP contribution in [0.1, 0.15) is 17.7 Å². The van der Waals surface area contributed by atoms with Gasteiger partial charge < -0.3 is 5.73 Å². The first-order valence-corrected chi connectivity index (χ1v) is 4.28. The number of nitrogen functional groups attached to an aromatic ring is 1. The van der Waals surface area contributed by atoms with Crippen molar-refractivity contribution in [2.45, 2.75) is 6.43 Å². The topological polar surface area (TPSA) is 62.7 Å². The molecule has 1 heterocycles. The molecular weight excluding hydrogens is 291 g/mol. The molecule has 0 spiro atoms. The predicted octanol–water partition coefficient (Wildman–Crippen LogP) is 2.08. The van der Waals surface area contributed by atoms with Crippen molar-refractivity contribution < 1.29 is 8.78 Å². The minimum absolute atomic E-state index is 0.0917. The van der Waals surface area contributed by atoms with Crippen LogP contribution in [0.15, 0.2) is 6.07 Å². The van der Waals surface area contributed by atoms with Crippen molar-refractivity contribution in [2.75, 3.05) is 5.73 Å². The van der Waals surface area contributed by atoms with E-state index in [0.717, 1.165) is 0 Å². The molecule has 0 bridgehead atoms. The van der Waals surface area contributed by atoms with Crippen LogP contribution in [0.25, 0.3) is 0 Å². The summed E-state index contributed by atoms with van der Waals surface area (Å²) in [5.74, 6) is 0. The third-order valence-corrected chi connectivity index (χ3v) is 1.94. The van der Waals surface area contributed by atoms with Gasteiger partial charge in [0.1, 0.15) is 9.77 Å². The molecular formula is C7H4F2IN3.